The van der Waals surface area contributed by atoms with Crippen LogP contribution in [0.15, 0.2) is 51.8 Å². The predicted molar refractivity (Wildman–Crippen MR) is 74.8 cm³/mol. The summed E-state index contributed by atoms with van der Waals surface area (Å²) in [7, 11) is 0. The Kier molecular flexibility index (Phi) is 5.41. The van der Waals surface area contributed by atoms with Crippen LogP contribution in [-0.2, 0) is 0 Å². The van der Waals surface area contributed by atoms with Gasteiger partial charge in [0.2, 0.25) is 0 Å². The largest absolute Gasteiger partial charge is 0.0904 e. The van der Waals surface area contributed by atoms with Crippen LogP contribution in [0.4, 0.5) is 0 Å². The van der Waals surface area contributed by atoms with E-state index in [-0.39, 0.29) is 0 Å². The van der Waals surface area contributed by atoms with Crippen LogP contribution in [0.2, 0.25) is 0 Å². The van der Waals surface area contributed by atoms with E-state index in [4.69, 9.17) is 0 Å². The highest BCUT2D eigenvalue weighted by molar-refractivity contribution is 8.03. The van der Waals surface area contributed by atoms with E-state index in [9.17, 15) is 0 Å². The van der Waals surface area contributed by atoms with Crippen LogP contribution in [0.1, 0.15) is 32.8 Å². The lowest BCUT2D eigenvalue weighted by molar-refractivity contribution is 1.22. The standard InChI is InChI=1S/C15H20S/c1-5-6-15(11-12(2)3)16-14-9-7-13(4)8-10-14/h6-11H,5H2,1-4H3/b15-6+. The van der Waals surface area contributed by atoms with Gasteiger partial charge in [-0.15, -0.1) is 0 Å². The third-order valence-electron chi connectivity index (χ3n) is 2.09. The highest BCUT2D eigenvalue weighted by Crippen LogP contribution is 2.28. The molecule has 0 atom stereocenters. The minimum absolute atomic E-state index is 1.08. The third kappa shape index (κ3) is 4.71. The molecule has 16 heavy (non-hydrogen) atoms. The SMILES string of the molecule is CC/C=C(\C=C(C)C)Sc1ccc(C)cc1. The molecule has 0 amide bonds. The normalized spacial score (nSPS) is 11.4. The van der Waals surface area contributed by atoms with Crippen LogP contribution in [0.25, 0.3) is 0 Å². The molecule has 0 aliphatic rings. The maximum Gasteiger partial charge on any atom is 0.0122 e. The molecule has 1 heteroatoms. The maximum absolute atomic E-state index is 2.28. The zero-order valence-corrected chi connectivity index (χ0v) is 11.4. The fourth-order valence-electron chi connectivity index (χ4n) is 1.36. The van der Waals surface area contributed by atoms with Crippen LogP contribution in [0.3, 0.4) is 0 Å². The number of rotatable bonds is 4. The molecule has 1 aromatic rings. The summed E-state index contributed by atoms with van der Waals surface area (Å²) in [6.07, 6.45) is 5.60. The van der Waals surface area contributed by atoms with Gasteiger partial charge in [0.1, 0.15) is 0 Å². The topological polar surface area (TPSA) is 0 Å². The van der Waals surface area contributed by atoms with Crippen molar-refractivity contribution >= 4 is 11.8 Å². The van der Waals surface area contributed by atoms with E-state index in [2.05, 4.69) is 64.1 Å². The Morgan fingerprint density at radius 1 is 1.19 bits per heavy atom. The van der Waals surface area contributed by atoms with Crippen LogP contribution in [-0.4, -0.2) is 0 Å². The van der Waals surface area contributed by atoms with E-state index in [1.807, 2.05) is 11.8 Å². The number of benzene rings is 1. The first-order chi connectivity index (χ1) is 7.61. The van der Waals surface area contributed by atoms with E-state index >= 15 is 0 Å². The van der Waals surface area contributed by atoms with Crippen molar-refractivity contribution in [2.75, 3.05) is 0 Å². The average molecular weight is 232 g/mol. The summed E-state index contributed by atoms with van der Waals surface area (Å²) in [6.45, 7) is 8.57. The minimum Gasteiger partial charge on any atom is -0.0904 e. The lowest BCUT2D eigenvalue weighted by Gasteiger charge is -2.04. The molecule has 0 radical (unpaired) electrons. The quantitative estimate of drug-likeness (QED) is 0.498. The molecule has 0 unspecified atom stereocenters. The lowest BCUT2D eigenvalue weighted by atomic mass is 10.2. The molecule has 0 nitrogen and oxygen atoms in total. The maximum atomic E-state index is 2.28. The molecule has 0 aromatic heterocycles. The van der Waals surface area contributed by atoms with Gasteiger partial charge in [0.05, 0.1) is 0 Å². The number of hydrogen-bond acceptors (Lipinski definition) is 1. The molecule has 0 fully saturated rings. The first-order valence-corrected chi connectivity index (χ1v) is 6.53. The summed E-state index contributed by atoms with van der Waals surface area (Å²) in [5.41, 5.74) is 2.66. The Balaban J connectivity index is 2.80. The van der Waals surface area contributed by atoms with E-state index in [0.717, 1.165) is 6.42 Å². The molecule has 0 saturated carbocycles. The van der Waals surface area contributed by atoms with Crippen molar-refractivity contribution in [2.24, 2.45) is 0 Å². The van der Waals surface area contributed by atoms with Gasteiger partial charge in [-0.05, 0) is 45.4 Å². The summed E-state index contributed by atoms with van der Waals surface area (Å²) in [5.74, 6) is 0. The molecule has 0 aliphatic carbocycles. The second-order valence-corrected chi connectivity index (χ2v) is 5.30. The summed E-state index contributed by atoms with van der Waals surface area (Å²) < 4.78 is 0. The number of hydrogen-bond donors (Lipinski definition) is 0. The van der Waals surface area contributed by atoms with Gasteiger partial charge in [-0.25, -0.2) is 0 Å². The van der Waals surface area contributed by atoms with Crippen molar-refractivity contribution in [3.63, 3.8) is 0 Å². The van der Waals surface area contributed by atoms with Crippen LogP contribution < -0.4 is 0 Å². The Morgan fingerprint density at radius 2 is 1.81 bits per heavy atom. The smallest absolute Gasteiger partial charge is 0.0122 e. The second-order valence-electron chi connectivity index (χ2n) is 4.15. The second kappa shape index (κ2) is 6.59. The molecular weight excluding hydrogens is 212 g/mol. The monoisotopic (exact) mass is 232 g/mol. The van der Waals surface area contributed by atoms with Crippen molar-refractivity contribution in [3.05, 3.63) is 52.5 Å². The van der Waals surface area contributed by atoms with E-state index < -0.39 is 0 Å². The molecule has 0 N–H and O–H groups in total. The molecular formula is C15H20S. The third-order valence-corrected chi connectivity index (χ3v) is 3.12. The number of allylic oxidation sites excluding steroid dienone is 3. The van der Waals surface area contributed by atoms with Gasteiger partial charge in [0, 0.05) is 9.80 Å². The van der Waals surface area contributed by atoms with Crippen molar-refractivity contribution in [2.45, 2.75) is 39.0 Å². The zero-order chi connectivity index (χ0) is 12.0. The van der Waals surface area contributed by atoms with Gasteiger partial charge in [0.15, 0.2) is 0 Å². The number of aryl methyl sites for hydroxylation is 1. The Hall–Kier alpha value is -0.950. The Morgan fingerprint density at radius 3 is 2.31 bits per heavy atom. The Bertz CT molecular complexity index is 378. The fourth-order valence-corrected chi connectivity index (χ4v) is 2.45. The highest BCUT2D eigenvalue weighted by Gasteiger charge is 1.97. The molecule has 86 valence electrons. The Labute approximate surface area is 103 Å². The summed E-state index contributed by atoms with van der Waals surface area (Å²) in [6, 6.07) is 8.69. The summed E-state index contributed by atoms with van der Waals surface area (Å²) in [5, 5.41) is 0. The van der Waals surface area contributed by atoms with Crippen LogP contribution in [0.5, 0.6) is 0 Å². The first kappa shape index (κ1) is 13.1. The van der Waals surface area contributed by atoms with Crippen molar-refractivity contribution < 1.29 is 0 Å². The van der Waals surface area contributed by atoms with Gasteiger partial charge in [-0.3, -0.25) is 0 Å². The van der Waals surface area contributed by atoms with Crippen LogP contribution >= 0.6 is 11.8 Å². The molecule has 0 aliphatic heterocycles. The predicted octanol–water partition coefficient (Wildman–Crippen LogP) is 5.35. The fraction of sp³-hybridized carbons (Fsp3) is 0.333. The van der Waals surface area contributed by atoms with Gasteiger partial charge in [-0.1, -0.05) is 48.0 Å². The van der Waals surface area contributed by atoms with Gasteiger partial charge in [-0.2, -0.15) is 0 Å². The zero-order valence-electron chi connectivity index (χ0n) is 10.6. The van der Waals surface area contributed by atoms with Gasteiger partial charge >= 0.3 is 0 Å². The van der Waals surface area contributed by atoms with Crippen LogP contribution in [0, 0.1) is 6.92 Å². The van der Waals surface area contributed by atoms with E-state index in [0.29, 0.717) is 0 Å². The average Bonchev–Trinajstić information content (AvgIpc) is 2.21. The molecule has 0 bridgehead atoms. The van der Waals surface area contributed by atoms with Gasteiger partial charge in [0.25, 0.3) is 0 Å². The highest BCUT2D eigenvalue weighted by atomic mass is 32.2. The van der Waals surface area contributed by atoms with E-state index in [1.165, 1.54) is 20.9 Å². The van der Waals surface area contributed by atoms with Crippen molar-refractivity contribution in [3.8, 4) is 0 Å². The molecule has 1 rings (SSSR count). The molecule has 1 aromatic carbocycles. The van der Waals surface area contributed by atoms with Crippen molar-refractivity contribution in [1.82, 2.24) is 0 Å². The summed E-state index contributed by atoms with van der Waals surface area (Å²) in [4.78, 5) is 2.65. The molecule has 0 heterocycles. The molecule has 0 saturated heterocycles. The summed E-state index contributed by atoms with van der Waals surface area (Å²) >= 11 is 1.84. The first-order valence-electron chi connectivity index (χ1n) is 5.71. The number of thioether (sulfide) groups is 1. The van der Waals surface area contributed by atoms with E-state index in [1.54, 1.807) is 0 Å². The lowest BCUT2D eigenvalue weighted by Crippen LogP contribution is -1.77. The van der Waals surface area contributed by atoms with Crippen molar-refractivity contribution in [1.29, 1.82) is 0 Å². The van der Waals surface area contributed by atoms with Gasteiger partial charge < -0.3 is 0 Å². The minimum atomic E-state index is 1.08. The molecule has 0 spiro atoms.